The molecule has 1 radical (unpaired) electrons. The molecule has 0 unspecified atom stereocenters. The minimum Gasteiger partial charge on any atom is -0.318 e. The molecule has 0 amide bonds. The predicted molar refractivity (Wildman–Crippen MR) is 166 cm³/mol. The minimum absolute atomic E-state index is 0. The van der Waals surface area contributed by atoms with Gasteiger partial charge < -0.3 is 9.97 Å². The third kappa shape index (κ3) is 8.89. The van der Waals surface area contributed by atoms with Crippen LogP contribution in [0.5, 0.6) is 0 Å². The summed E-state index contributed by atoms with van der Waals surface area (Å²) in [5.41, 5.74) is 7.74. The summed E-state index contributed by atoms with van der Waals surface area (Å²) in [7, 11) is -1.39. The van der Waals surface area contributed by atoms with E-state index < -0.39 is 8.07 Å². The summed E-state index contributed by atoms with van der Waals surface area (Å²) < 4.78 is 0. The van der Waals surface area contributed by atoms with Crippen LogP contribution in [-0.4, -0.2) is 23.0 Å². The van der Waals surface area contributed by atoms with Gasteiger partial charge in [-0.2, -0.15) is 12.1 Å². The Morgan fingerprint density at radius 1 is 0.700 bits per heavy atom. The van der Waals surface area contributed by atoms with E-state index in [1.165, 1.54) is 16.3 Å². The van der Waals surface area contributed by atoms with Crippen molar-refractivity contribution in [3.63, 3.8) is 0 Å². The van der Waals surface area contributed by atoms with Gasteiger partial charge in [-0.3, -0.25) is 4.98 Å². The predicted octanol–water partition coefficient (Wildman–Crippen LogP) is 8.29. The maximum atomic E-state index is 4.65. The standard InChI is InChI=1S/C18H25N2Si.C17H12N.Ir/c1-18(2,3)12-14-11-16(15-9-7-8-10-19-15)20-13-17(14)21(4,5)6;1-3-7-14(8-4-1)16-11-12-17(18-13-16)15-9-5-2-6-10-15;/h7-8,10-11,13H,12H2,1-6H3;1-9,11-13H;/q2*-1;. The van der Waals surface area contributed by atoms with Gasteiger partial charge >= 0.3 is 0 Å². The molecule has 3 heterocycles. The minimum atomic E-state index is -1.39. The number of nitrogens with zero attached hydrogens (tertiary/aromatic N) is 3. The molecule has 0 saturated carbocycles. The van der Waals surface area contributed by atoms with Crippen LogP contribution in [0.15, 0.2) is 104 Å². The van der Waals surface area contributed by atoms with Crippen molar-refractivity contribution in [2.24, 2.45) is 5.41 Å². The SMILES string of the molecule is CC(C)(C)Cc1cc(-c2[c-]cccn2)ncc1[Si](C)(C)C.[Ir].[c-]1ccccc1-c1ccc(-c2ccccc2)cn1. The molecule has 207 valence electrons. The summed E-state index contributed by atoms with van der Waals surface area (Å²) in [6, 6.07) is 34.6. The van der Waals surface area contributed by atoms with Gasteiger partial charge in [0.05, 0.1) is 8.07 Å². The summed E-state index contributed by atoms with van der Waals surface area (Å²) in [4.78, 5) is 13.5. The van der Waals surface area contributed by atoms with E-state index in [9.17, 15) is 0 Å². The first-order valence-corrected chi connectivity index (χ1v) is 16.9. The Labute approximate surface area is 254 Å². The Bertz CT molecular complexity index is 1400. The Balaban J connectivity index is 0.000000217. The third-order valence-corrected chi connectivity index (χ3v) is 8.29. The Kier molecular flexibility index (Phi) is 10.9. The van der Waals surface area contributed by atoms with E-state index in [-0.39, 0.29) is 25.5 Å². The topological polar surface area (TPSA) is 38.7 Å². The average Bonchev–Trinajstić information content (AvgIpc) is 2.93. The van der Waals surface area contributed by atoms with Gasteiger partial charge in [0.15, 0.2) is 0 Å². The van der Waals surface area contributed by atoms with Gasteiger partial charge in [0.25, 0.3) is 0 Å². The Morgan fingerprint density at radius 2 is 1.40 bits per heavy atom. The van der Waals surface area contributed by atoms with Gasteiger partial charge in [0.1, 0.15) is 0 Å². The monoisotopic (exact) mass is 720 g/mol. The fraction of sp³-hybridized carbons (Fsp3) is 0.229. The third-order valence-electron chi connectivity index (χ3n) is 6.22. The molecule has 3 aromatic heterocycles. The smallest absolute Gasteiger partial charge is 0.0798 e. The van der Waals surface area contributed by atoms with Crippen molar-refractivity contribution in [3.8, 4) is 33.8 Å². The van der Waals surface area contributed by atoms with Crippen LogP contribution >= 0.6 is 0 Å². The van der Waals surface area contributed by atoms with Crippen LogP contribution in [0.1, 0.15) is 26.3 Å². The largest absolute Gasteiger partial charge is 0.318 e. The van der Waals surface area contributed by atoms with Gasteiger partial charge in [0, 0.05) is 32.5 Å². The van der Waals surface area contributed by atoms with Gasteiger partial charge in [-0.25, -0.2) is 0 Å². The van der Waals surface area contributed by atoms with Crippen molar-refractivity contribution in [2.75, 3.05) is 0 Å². The quantitative estimate of drug-likeness (QED) is 0.136. The van der Waals surface area contributed by atoms with E-state index in [0.717, 1.165) is 34.6 Å². The molecule has 0 aliphatic rings. The number of hydrogen-bond acceptors (Lipinski definition) is 3. The number of pyridine rings is 3. The number of hydrogen-bond donors (Lipinski definition) is 0. The summed E-state index contributed by atoms with van der Waals surface area (Å²) in [5, 5.41) is 1.46. The van der Waals surface area contributed by atoms with E-state index >= 15 is 0 Å². The molecule has 0 saturated heterocycles. The molecule has 0 N–H and O–H groups in total. The maximum absolute atomic E-state index is 4.65. The normalized spacial score (nSPS) is 11.2. The number of rotatable bonds is 5. The van der Waals surface area contributed by atoms with Gasteiger partial charge in [-0.15, -0.1) is 42.0 Å². The molecule has 40 heavy (non-hydrogen) atoms. The first kappa shape index (κ1) is 31.3. The molecule has 2 aromatic carbocycles. The van der Waals surface area contributed by atoms with Crippen LogP contribution in [0.2, 0.25) is 19.6 Å². The van der Waals surface area contributed by atoms with E-state index in [2.05, 4.69) is 98.0 Å². The van der Waals surface area contributed by atoms with Gasteiger partial charge in [0.2, 0.25) is 0 Å². The molecular weight excluding hydrogens is 683 g/mol. The fourth-order valence-corrected chi connectivity index (χ4v) is 5.97. The zero-order chi connectivity index (χ0) is 27.9. The van der Waals surface area contributed by atoms with E-state index in [4.69, 9.17) is 0 Å². The van der Waals surface area contributed by atoms with Crippen molar-refractivity contribution in [1.29, 1.82) is 0 Å². The summed E-state index contributed by atoms with van der Waals surface area (Å²) >= 11 is 0. The van der Waals surface area contributed by atoms with Crippen LogP contribution in [0.4, 0.5) is 0 Å². The Morgan fingerprint density at radius 3 is 1.98 bits per heavy atom. The molecular formula is C35H37IrN3Si-2. The molecule has 5 rings (SSSR count). The second kappa shape index (κ2) is 13.9. The molecule has 0 bridgehead atoms. The van der Waals surface area contributed by atoms with Crippen molar-refractivity contribution in [1.82, 2.24) is 15.0 Å². The van der Waals surface area contributed by atoms with Crippen molar-refractivity contribution in [2.45, 2.75) is 46.8 Å². The molecule has 0 fully saturated rings. The maximum Gasteiger partial charge on any atom is 0.0798 e. The van der Waals surface area contributed by atoms with E-state index in [1.807, 2.05) is 66.9 Å². The molecule has 3 nitrogen and oxygen atoms in total. The van der Waals surface area contributed by atoms with Crippen molar-refractivity contribution < 1.29 is 20.1 Å². The fourth-order valence-electron chi connectivity index (χ4n) is 4.39. The number of benzene rings is 2. The van der Waals surface area contributed by atoms with Crippen LogP contribution < -0.4 is 5.19 Å². The first-order valence-electron chi connectivity index (χ1n) is 13.4. The summed E-state index contributed by atoms with van der Waals surface area (Å²) in [6.45, 7) is 14.0. The molecule has 0 spiro atoms. The van der Waals surface area contributed by atoms with Crippen LogP contribution in [0.3, 0.4) is 0 Å². The average molecular weight is 720 g/mol. The van der Waals surface area contributed by atoms with Crippen LogP contribution in [-0.2, 0) is 26.5 Å². The molecule has 0 atom stereocenters. The molecule has 5 heteroatoms. The first-order chi connectivity index (χ1) is 18.6. The van der Waals surface area contributed by atoms with Crippen molar-refractivity contribution in [3.05, 3.63) is 121 Å². The van der Waals surface area contributed by atoms with Crippen LogP contribution in [0, 0.1) is 17.5 Å². The summed E-state index contributed by atoms with van der Waals surface area (Å²) in [6.07, 6.45) is 6.84. The summed E-state index contributed by atoms with van der Waals surface area (Å²) in [5.74, 6) is 0. The van der Waals surface area contributed by atoms with Crippen molar-refractivity contribution >= 4 is 13.3 Å². The van der Waals surface area contributed by atoms with E-state index in [1.54, 1.807) is 6.20 Å². The zero-order valence-corrected chi connectivity index (χ0v) is 27.6. The second-order valence-corrected chi connectivity index (χ2v) is 17.0. The Hall–Kier alpha value is -3.24. The number of aromatic nitrogens is 3. The molecule has 0 aliphatic heterocycles. The van der Waals surface area contributed by atoms with Gasteiger partial charge in [-0.05, 0) is 51.4 Å². The van der Waals surface area contributed by atoms with Crippen LogP contribution in [0.25, 0.3) is 33.8 Å². The second-order valence-electron chi connectivity index (χ2n) is 11.9. The zero-order valence-electron chi connectivity index (χ0n) is 24.2. The molecule has 5 aromatic rings. The van der Waals surface area contributed by atoms with Gasteiger partial charge in [-0.1, -0.05) is 94.5 Å². The van der Waals surface area contributed by atoms with E-state index in [0.29, 0.717) is 0 Å². The molecule has 0 aliphatic carbocycles.